The number of hydrogen-bond acceptors (Lipinski definition) is 8. The number of nitrogens with zero attached hydrogens (tertiary/aromatic N) is 1. The smallest absolute Gasteiger partial charge is 0.338 e. The van der Waals surface area contributed by atoms with Crippen LogP contribution in [-0.2, 0) is 0 Å². The van der Waals surface area contributed by atoms with Crippen molar-refractivity contribution in [1.29, 1.82) is 0 Å². The van der Waals surface area contributed by atoms with Gasteiger partial charge in [-0.15, -0.1) is 11.3 Å². The van der Waals surface area contributed by atoms with Gasteiger partial charge in [-0.3, -0.25) is 4.79 Å². The van der Waals surface area contributed by atoms with Gasteiger partial charge in [0.25, 0.3) is 0 Å². The maximum absolute atomic E-state index is 13.4. The Morgan fingerprint density at radius 2 is 1.63 bits per heavy atom. The molecule has 3 N–H and O–H groups in total. The number of thiophene rings is 1. The van der Waals surface area contributed by atoms with Crippen LogP contribution in [0.1, 0.15) is 31.3 Å². The van der Waals surface area contributed by atoms with E-state index in [0.29, 0.717) is 33.0 Å². The maximum Gasteiger partial charge on any atom is 0.338 e. The summed E-state index contributed by atoms with van der Waals surface area (Å²) in [4.78, 5) is 30.5. The Morgan fingerprint density at radius 3 is 2.14 bits per heavy atom. The Morgan fingerprint density at radius 1 is 1.03 bits per heavy atom. The number of rotatable bonds is 7. The molecule has 0 aliphatic rings. The van der Waals surface area contributed by atoms with Crippen LogP contribution in [0.2, 0.25) is 0 Å². The number of carbonyl (C=O) groups excluding carboxylic acids is 1. The van der Waals surface area contributed by atoms with Crippen LogP contribution < -0.4 is 19.9 Å². The van der Waals surface area contributed by atoms with Gasteiger partial charge in [0.05, 0.1) is 38.3 Å². The van der Waals surface area contributed by atoms with Crippen molar-refractivity contribution >= 4 is 39.0 Å². The summed E-state index contributed by atoms with van der Waals surface area (Å²) in [5, 5.41) is 10.4. The first-order valence-electron chi connectivity index (χ1n) is 10.3. The largest absolute Gasteiger partial charge is 0.493 e. The topological polar surface area (TPSA) is 121 Å². The lowest BCUT2D eigenvalue weighted by Crippen LogP contribution is -2.07. The van der Waals surface area contributed by atoms with Crippen molar-refractivity contribution in [2.24, 2.45) is 0 Å². The number of aromatic carboxylic acids is 1. The number of ether oxygens (including phenoxy) is 3. The fourth-order valence-electron chi connectivity index (χ4n) is 3.94. The number of anilines is 1. The number of nitrogen functional groups attached to an aromatic ring is 1. The van der Waals surface area contributed by atoms with E-state index in [-0.39, 0.29) is 32.9 Å². The first-order chi connectivity index (χ1) is 16.7. The minimum atomic E-state index is -1.21. The molecule has 0 fully saturated rings. The van der Waals surface area contributed by atoms with E-state index in [4.69, 9.17) is 19.9 Å². The summed E-state index contributed by atoms with van der Waals surface area (Å²) in [5.74, 6) is -1.13. The number of benzene rings is 2. The van der Waals surface area contributed by atoms with Crippen molar-refractivity contribution in [2.45, 2.75) is 6.92 Å². The van der Waals surface area contributed by atoms with Gasteiger partial charge in [0, 0.05) is 16.5 Å². The van der Waals surface area contributed by atoms with E-state index in [1.54, 1.807) is 19.1 Å². The summed E-state index contributed by atoms with van der Waals surface area (Å²) in [6.07, 6.45) is 0. The third-order valence-electron chi connectivity index (χ3n) is 5.54. The number of aromatic nitrogens is 1. The number of pyridine rings is 1. The number of nitrogens with two attached hydrogens (primary N) is 1. The Labute approximate surface area is 203 Å². The Bertz CT molecular complexity index is 1460. The van der Waals surface area contributed by atoms with Crippen LogP contribution in [-0.4, -0.2) is 43.2 Å². The second-order valence-electron chi connectivity index (χ2n) is 7.53. The number of carbonyl (C=O) groups is 2. The Balaban J connectivity index is 2.07. The average molecular weight is 497 g/mol. The Kier molecular flexibility index (Phi) is 6.31. The van der Waals surface area contributed by atoms with Crippen molar-refractivity contribution in [2.75, 3.05) is 27.1 Å². The third kappa shape index (κ3) is 4.01. The van der Waals surface area contributed by atoms with Gasteiger partial charge in [0.2, 0.25) is 11.5 Å². The molecule has 0 radical (unpaired) electrons. The highest BCUT2D eigenvalue weighted by molar-refractivity contribution is 7.21. The fraction of sp³-hybridized carbons (Fsp3) is 0.160. The summed E-state index contributed by atoms with van der Waals surface area (Å²) in [6.45, 7) is 1.57. The molecular weight excluding hydrogens is 475 g/mol. The molecule has 4 rings (SSSR count). The predicted octanol–water partition coefficient (Wildman–Crippen LogP) is 4.95. The van der Waals surface area contributed by atoms with Crippen molar-refractivity contribution in [3.63, 3.8) is 0 Å². The molecule has 180 valence electrons. The van der Waals surface area contributed by atoms with Crippen LogP contribution in [0.25, 0.3) is 21.3 Å². The van der Waals surface area contributed by atoms with Crippen LogP contribution in [0.15, 0.2) is 36.4 Å². The molecule has 0 saturated carbocycles. The van der Waals surface area contributed by atoms with Gasteiger partial charge in [0.1, 0.15) is 15.5 Å². The number of carboxylic acids is 1. The van der Waals surface area contributed by atoms with Gasteiger partial charge in [-0.05, 0) is 48.9 Å². The number of hydrogen-bond donors (Lipinski definition) is 2. The fourth-order valence-corrected chi connectivity index (χ4v) is 5.06. The highest BCUT2D eigenvalue weighted by atomic mass is 32.1. The van der Waals surface area contributed by atoms with Crippen molar-refractivity contribution in [1.82, 2.24) is 4.98 Å². The van der Waals surface area contributed by atoms with E-state index < -0.39 is 17.6 Å². The summed E-state index contributed by atoms with van der Waals surface area (Å²) in [5.41, 5.74) is 7.66. The number of ketones is 1. The molecule has 2 aromatic heterocycles. The zero-order chi connectivity index (χ0) is 25.4. The lowest BCUT2D eigenvalue weighted by atomic mass is 9.94. The number of halogens is 1. The van der Waals surface area contributed by atoms with Crippen molar-refractivity contribution < 1.29 is 33.3 Å². The van der Waals surface area contributed by atoms with Crippen LogP contribution in [0.3, 0.4) is 0 Å². The molecule has 35 heavy (non-hydrogen) atoms. The zero-order valence-corrected chi connectivity index (χ0v) is 20.1. The summed E-state index contributed by atoms with van der Waals surface area (Å²) in [6, 6.07) is 8.32. The molecule has 0 spiro atoms. The van der Waals surface area contributed by atoms with Crippen LogP contribution in [0, 0.1) is 12.7 Å². The molecule has 2 heterocycles. The number of fused-ring (bicyclic) bond motifs is 1. The highest BCUT2D eigenvalue weighted by Gasteiger charge is 2.28. The monoisotopic (exact) mass is 496 g/mol. The van der Waals surface area contributed by atoms with Crippen LogP contribution >= 0.6 is 11.3 Å². The SMILES string of the molecule is COc1cc(-c2c(C(=O)O)c(C)nc3sc(C(=O)c4ccc(F)cc4)c(N)c23)cc(OC)c1OC. The summed E-state index contributed by atoms with van der Waals surface area (Å²) < 4.78 is 29.6. The van der Waals surface area contributed by atoms with E-state index >= 15 is 0 Å². The molecule has 8 nitrogen and oxygen atoms in total. The standard InChI is InChI=1S/C25H21FN2O6S/c1-11-17(25(30)31)18(13-9-15(32-2)22(34-4)16(10-13)33-3)19-20(27)23(35-24(19)28-11)21(29)12-5-7-14(26)8-6-12/h5-10H,27H2,1-4H3,(H,30,31). The molecule has 0 aliphatic heterocycles. The van der Waals surface area contributed by atoms with Gasteiger partial charge in [0.15, 0.2) is 11.5 Å². The first-order valence-corrected chi connectivity index (χ1v) is 11.1. The molecule has 4 aromatic rings. The lowest BCUT2D eigenvalue weighted by molar-refractivity contribution is 0.0696. The number of aryl methyl sites for hydroxylation is 1. The molecule has 0 unspecified atom stereocenters. The molecule has 0 atom stereocenters. The number of carboxylic acid groups (broad SMARTS) is 1. The van der Waals surface area contributed by atoms with E-state index in [0.717, 1.165) is 11.3 Å². The van der Waals surface area contributed by atoms with Crippen LogP contribution in [0.5, 0.6) is 17.2 Å². The van der Waals surface area contributed by atoms with Gasteiger partial charge in [-0.2, -0.15) is 0 Å². The minimum absolute atomic E-state index is 0.0722. The molecule has 0 aliphatic carbocycles. The Hall–Kier alpha value is -4.18. The maximum atomic E-state index is 13.4. The quantitative estimate of drug-likeness (QED) is 0.345. The van der Waals surface area contributed by atoms with Gasteiger partial charge in [-0.1, -0.05) is 0 Å². The third-order valence-corrected chi connectivity index (χ3v) is 6.64. The highest BCUT2D eigenvalue weighted by Crippen LogP contribution is 2.47. The normalized spacial score (nSPS) is 10.9. The average Bonchev–Trinajstić information content (AvgIpc) is 3.17. The van der Waals surface area contributed by atoms with E-state index in [9.17, 15) is 19.1 Å². The predicted molar refractivity (Wildman–Crippen MR) is 131 cm³/mol. The molecule has 0 saturated heterocycles. The van der Waals surface area contributed by atoms with Gasteiger partial charge >= 0.3 is 5.97 Å². The summed E-state index contributed by atoms with van der Waals surface area (Å²) >= 11 is 1.04. The molecule has 0 bridgehead atoms. The zero-order valence-electron chi connectivity index (χ0n) is 19.3. The second kappa shape index (κ2) is 9.22. The molecule has 10 heteroatoms. The molecular formula is C25H21FN2O6S. The summed E-state index contributed by atoms with van der Waals surface area (Å²) in [7, 11) is 4.36. The van der Waals surface area contributed by atoms with Gasteiger partial charge in [-0.25, -0.2) is 14.2 Å². The van der Waals surface area contributed by atoms with E-state index in [1.165, 1.54) is 45.6 Å². The van der Waals surface area contributed by atoms with E-state index in [2.05, 4.69) is 4.98 Å². The van der Waals surface area contributed by atoms with Gasteiger partial charge < -0.3 is 25.1 Å². The minimum Gasteiger partial charge on any atom is -0.493 e. The lowest BCUT2D eigenvalue weighted by Gasteiger charge is -2.17. The van der Waals surface area contributed by atoms with Crippen molar-refractivity contribution in [3.8, 4) is 28.4 Å². The molecule has 2 aromatic carbocycles. The first kappa shape index (κ1) is 24.0. The number of methoxy groups -OCH3 is 3. The van der Waals surface area contributed by atoms with Crippen molar-refractivity contribution in [3.05, 3.63) is 63.9 Å². The van der Waals surface area contributed by atoms with E-state index in [1.807, 2.05) is 0 Å². The second-order valence-corrected chi connectivity index (χ2v) is 8.53. The van der Waals surface area contributed by atoms with Crippen LogP contribution in [0.4, 0.5) is 10.1 Å². The molecule has 0 amide bonds.